The number of rotatable bonds is 6. The van der Waals surface area contributed by atoms with Crippen LogP contribution in [0.15, 0.2) is 35.7 Å². The summed E-state index contributed by atoms with van der Waals surface area (Å²) in [5.74, 6) is -8.91. The molecule has 0 aliphatic rings. The second kappa shape index (κ2) is 9.33. The van der Waals surface area contributed by atoms with Gasteiger partial charge in [-0.2, -0.15) is 35.1 Å². The molecule has 15 heteroatoms. The molecule has 1 aromatic carbocycles. The number of amides is 2. The first kappa shape index (κ1) is 28.4. The van der Waals surface area contributed by atoms with Crippen molar-refractivity contribution in [3.05, 3.63) is 51.7 Å². The predicted octanol–water partition coefficient (Wildman–Crippen LogP) is 6.05. The highest BCUT2D eigenvalue weighted by Gasteiger charge is 2.60. The fourth-order valence-electron chi connectivity index (χ4n) is 2.84. The Hall–Kier alpha value is -2.81. The fraction of sp³-hybridized carbons (Fsp3) is 0.300. The highest BCUT2D eigenvalue weighted by Crippen LogP contribution is 2.49. The Bertz CT molecular complexity index is 1280. The molecule has 2 rings (SSSR count). The van der Waals surface area contributed by atoms with Crippen LogP contribution in [0.2, 0.25) is 0 Å². The SMILES string of the molecule is C=Cc1sc(C(F)(F)C(F)(F)F)cc1N(C(C)=O)C(=O)c1ccc(C(F)(F)F)cc1S(=O)(=O)CC. The van der Waals surface area contributed by atoms with E-state index in [2.05, 4.69) is 6.58 Å². The summed E-state index contributed by atoms with van der Waals surface area (Å²) in [5, 5.41) is 0. The third-order valence-corrected chi connectivity index (χ3v) is 7.56. The molecule has 2 amide bonds. The van der Waals surface area contributed by atoms with Gasteiger partial charge in [0, 0.05) is 6.92 Å². The molecule has 0 N–H and O–H groups in total. The van der Waals surface area contributed by atoms with Crippen molar-refractivity contribution in [1.29, 1.82) is 0 Å². The van der Waals surface area contributed by atoms with Gasteiger partial charge in [0.1, 0.15) is 0 Å². The second-order valence-electron chi connectivity index (χ2n) is 6.91. The maximum Gasteiger partial charge on any atom is 0.458 e. The molecule has 0 fully saturated rings. The van der Waals surface area contributed by atoms with Crippen LogP contribution in [-0.4, -0.2) is 32.2 Å². The lowest BCUT2D eigenvalue weighted by atomic mass is 10.1. The molecule has 0 unspecified atom stereocenters. The number of alkyl halides is 8. The van der Waals surface area contributed by atoms with E-state index in [1.165, 1.54) is 0 Å². The summed E-state index contributed by atoms with van der Waals surface area (Å²) in [6, 6.07) is 1.24. The van der Waals surface area contributed by atoms with Crippen LogP contribution in [0.1, 0.15) is 39.5 Å². The molecule has 0 aliphatic carbocycles. The minimum atomic E-state index is -6.02. The van der Waals surface area contributed by atoms with Gasteiger partial charge in [0.15, 0.2) is 9.84 Å². The Labute approximate surface area is 197 Å². The number of benzene rings is 1. The molecule has 0 bridgehead atoms. The van der Waals surface area contributed by atoms with E-state index < -0.39 is 77.1 Å². The lowest BCUT2D eigenvalue weighted by molar-refractivity contribution is -0.287. The monoisotopic (exact) mass is 549 g/mol. The average Bonchev–Trinajstić information content (AvgIpc) is 3.16. The molecule has 0 spiro atoms. The lowest BCUT2D eigenvalue weighted by Crippen LogP contribution is -2.36. The van der Waals surface area contributed by atoms with E-state index in [1.807, 2.05) is 0 Å². The van der Waals surface area contributed by atoms with E-state index in [-0.39, 0.29) is 28.4 Å². The van der Waals surface area contributed by atoms with Gasteiger partial charge < -0.3 is 0 Å². The summed E-state index contributed by atoms with van der Waals surface area (Å²) in [6.07, 6.45) is -10.2. The number of carbonyl (C=O) groups excluding carboxylic acids is 2. The molecule has 0 atom stereocenters. The minimum absolute atomic E-state index is 0.0980. The first-order valence-corrected chi connectivity index (χ1v) is 11.8. The Morgan fingerprint density at radius 2 is 1.63 bits per heavy atom. The molecule has 35 heavy (non-hydrogen) atoms. The van der Waals surface area contributed by atoms with Crippen LogP contribution in [0, 0.1) is 0 Å². The van der Waals surface area contributed by atoms with Crippen molar-refractivity contribution in [2.45, 2.75) is 37.0 Å². The molecular formula is C20H15F8NO4S2. The second-order valence-corrected chi connectivity index (χ2v) is 10.2. The van der Waals surface area contributed by atoms with Crippen LogP contribution < -0.4 is 4.90 Å². The zero-order valence-electron chi connectivity index (χ0n) is 17.7. The van der Waals surface area contributed by atoms with E-state index >= 15 is 0 Å². The molecule has 2 aromatic rings. The van der Waals surface area contributed by atoms with E-state index in [4.69, 9.17) is 0 Å². The Kier molecular flexibility index (Phi) is 7.58. The summed E-state index contributed by atoms with van der Waals surface area (Å²) in [7, 11) is -4.50. The third-order valence-electron chi connectivity index (χ3n) is 4.60. The van der Waals surface area contributed by atoms with Gasteiger partial charge in [-0.3, -0.25) is 9.59 Å². The first-order chi connectivity index (χ1) is 15.8. The molecular weight excluding hydrogens is 534 g/mol. The zero-order valence-corrected chi connectivity index (χ0v) is 19.4. The molecule has 0 saturated heterocycles. The van der Waals surface area contributed by atoms with E-state index in [0.717, 1.165) is 19.9 Å². The lowest BCUT2D eigenvalue weighted by Gasteiger charge is -2.21. The van der Waals surface area contributed by atoms with Gasteiger partial charge >= 0.3 is 18.3 Å². The fourth-order valence-corrected chi connectivity index (χ4v) is 4.94. The van der Waals surface area contributed by atoms with Crippen molar-refractivity contribution >= 4 is 44.8 Å². The van der Waals surface area contributed by atoms with Crippen LogP contribution in [0.5, 0.6) is 0 Å². The summed E-state index contributed by atoms with van der Waals surface area (Å²) < 4.78 is 131. The Morgan fingerprint density at radius 3 is 2.06 bits per heavy atom. The number of halogens is 8. The molecule has 1 heterocycles. The van der Waals surface area contributed by atoms with Crippen LogP contribution in [0.25, 0.3) is 6.08 Å². The predicted molar refractivity (Wildman–Crippen MR) is 111 cm³/mol. The highest BCUT2D eigenvalue weighted by molar-refractivity contribution is 7.91. The number of imide groups is 1. The molecule has 0 radical (unpaired) electrons. The van der Waals surface area contributed by atoms with E-state index in [9.17, 15) is 53.1 Å². The van der Waals surface area contributed by atoms with Gasteiger partial charge in [-0.25, -0.2) is 13.3 Å². The normalized spacial score (nSPS) is 13.0. The van der Waals surface area contributed by atoms with E-state index in [0.29, 0.717) is 12.1 Å². The highest BCUT2D eigenvalue weighted by atomic mass is 32.2. The van der Waals surface area contributed by atoms with Crippen molar-refractivity contribution in [3.63, 3.8) is 0 Å². The number of hydrogen-bond donors (Lipinski definition) is 0. The zero-order chi connectivity index (χ0) is 27.1. The van der Waals surface area contributed by atoms with Crippen molar-refractivity contribution in [2.24, 2.45) is 0 Å². The number of nitrogens with zero attached hydrogens (tertiary/aromatic N) is 1. The quantitative estimate of drug-likeness (QED) is 0.412. The van der Waals surface area contributed by atoms with Crippen molar-refractivity contribution in [3.8, 4) is 0 Å². The molecule has 0 saturated carbocycles. The van der Waals surface area contributed by atoms with Gasteiger partial charge in [-0.1, -0.05) is 19.6 Å². The van der Waals surface area contributed by atoms with Gasteiger partial charge in [0.2, 0.25) is 5.91 Å². The van der Waals surface area contributed by atoms with Crippen LogP contribution in [0.3, 0.4) is 0 Å². The Morgan fingerprint density at radius 1 is 1.06 bits per heavy atom. The summed E-state index contributed by atoms with van der Waals surface area (Å²) in [5.41, 5.74) is -3.12. The maximum absolute atomic E-state index is 13.9. The van der Waals surface area contributed by atoms with Crippen molar-refractivity contribution < 1.29 is 53.1 Å². The summed E-state index contributed by atoms with van der Waals surface area (Å²) in [4.78, 5) is 22.4. The van der Waals surface area contributed by atoms with Crippen molar-refractivity contribution in [1.82, 2.24) is 0 Å². The van der Waals surface area contributed by atoms with Crippen LogP contribution in [0.4, 0.5) is 40.8 Å². The van der Waals surface area contributed by atoms with Crippen LogP contribution in [-0.2, 0) is 26.7 Å². The maximum atomic E-state index is 13.9. The van der Waals surface area contributed by atoms with E-state index in [1.54, 1.807) is 0 Å². The molecule has 5 nitrogen and oxygen atoms in total. The average molecular weight is 549 g/mol. The number of sulfone groups is 1. The summed E-state index contributed by atoms with van der Waals surface area (Å²) in [6.45, 7) is 5.05. The third kappa shape index (κ3) is 5.39. The number of thiophene rings is 1. The molecule has 1 aromatic heterocycles. The van der Waals surface area contributed by atoms with Gasteiger partial charge in [-0.05, 0) is 24.3 Å². The van der Waals surface area contributed by atoms with Gasteiger partial charge in [0.05, 0.1) is 37.2 Å². The van der Waals surface area contributed by atoms with Gasteiger partial charge in [-0.15, -0.1) is 11.3 Å². The number of hydrogen-bond acceptors (Lipinski definition) is 5. The molecule has 192 valence electrons. The van der Waals surface area contributed by atoms with Crippen LogP contribution >= 0.6 is 11.3 Å². The first-order valence-electron chi connectivity index (χ1n) is 9.29. The minimum Gasteiger partial charge on any atom is -0.274 e. The number of carbonyl (C=O) groups is 2. The standard InChI is InChI=1S/C20H15F8NO4S2/c1-4-14-13(9-16(34-14)18(21,22)20(26,27)28)29(10(3)30)17(31)12-7-6-11(19(23,24)25)8-15(12)35(32,33)5-2/h4,6-9H,1,5H2,2-3H3. The summed E-state index contributed by atoms with van der Waals surface area (Å²) >= 11 is -0.129. The smallest absolute Gasteiger partial charge is 0.274 e. The molecule has 0 aliphatic heterocycles. The topological polar surface area (TPSA) is 71.5 Å². The number of anilines is 1. The largest absolute Gasteiger partial charge is 0.458 e. The van der Waals surface area contributed by atoms with Gasteiger partial charge in [0.25, 0.3) is 5.91 Å². The van der Waals surface area contributed by atoms with Crippen molar-refractivity contribution in [2.75, 3.05) is 10.7 Å². The Balaban J connectivity index is 2.79.